The summed E-state index contributed by atoms with van der Waals surface area (Å²) in [6.45, 7) is 0. The van der Waals surface area contributed by atoms with Gasteiger partial charge < -0.3 is 11.1 Å². The molecule has 0 radical (unpaired) electrons. The van der Waals surface area contributed by atoms with E-state index in [0.717, 1.165) is 48.2 Å². The number of allylic oxidation sites excluding steroid dienone is 1. The second kappa shape index (κ2) is 4.12. The lowest BCUT2D eigenvalue weighted by Crippen LogP contribution is -2.39. The summed E-state index contributed by atoms with van der Waals surface area (Å²) in [6, 6.07) is 7.90. The molecule has 1 aromatic rings. The fraction of sp³-hybridized carbons (Fsp3) is 0.333. The Morgan fingerprint density at radius 3 is 2.95 bits per heavy atom. The summed E-state index contributed by atoms with van der Waals surface area (Å²) < 4.78 is -0.682. The maximum atomic E-state index is 12.7. The maximum Gasteiger partial charge on any atom is 0.250 e. The molecular weight excluding hydrogens is 270 g/mol. The quantitative estimate of drug-likeness (QED) is 0.770. The number of amides is 1. The number of thioether (sulfide) groups is 1. The number of amidine groups is 1. The van der Waals surface area contributed by atoms with Crippen LogP contribution >= 0.6 is 11.8 Å². The number of benzene rings is 1. The van der Waals surface area contributed by atoms with Crippen LogP contribution in [0.5, 0.6) is 0 Å². The van der Waals surface area contributed by atoms with Crippen molar-refractivity contribution in [2.75, 3.05) is 5.32 Å². The van der Waals surface area contributed by atoms with E-state index >= 15 is 0 Å². The number of carbonyl (C=O) groups excluding carboxylic acids is 1. The summed E-state index contributed by atoms with van der Waals surface area (Å²) in [7, 11) is 0. The van der Waals surface area contributed by atoms with Gasteiger partial charge in [0.1, 0.15) is 0 Å². The molecule has 4 rings (SSSR count). The maximum absolute atomic E-state index is 12.7. The van der Waals surface area contributed by atoms with Crippen molar-refractivity contribution in [3.05, 3.63) is 41.1 Å². The summed E-state index contributed by atoms with van der Waals surface area (Å²) >= 11 is 1.39. The third-order valence-electron chi connectivity index (χ3n) is 4.24. The van der Waals surface area contributed by atoms with Crippen LogP contribution in [-0.4, -0.2) is 11.1 Å². The van der Waals surface area contributed by atoms with Crippen molar-refractivity contribution in [1.82, 2.24) is 0 Å². The monoisotopic (exact) mass is 285 g/mol. The SMILES string of the molecule is NC1=NC2=C(CCCC2)C2(S1)C(=O)Nc1ccccc12. The molecule has 1 amide bonds. The second-order valence-corrected chi connectivity index (χ2v) is 6.60. The Kier molecular flexibility index (Phi) is 2.48. The highest BCUT2D eigenvalue weighted by Gasteiger charge is 2.53. The number of anilines is 1. The lowest BCUT2D eigenvalue weighted by Gasteiger charge is -2.35. The summed E-state index contributed by atoms with van der Waals surface area (Å²) in [5.74, 6) is 0.0240. The van der Waals surface area contributed by atoms with Gasteiger partial charge in [-0.05, 0) is 37.3 Å². The van der Waals surface area contributed by atoms with Crippen LogP contribution < -0.4 is 11.1 Å². The normalized spacial score (nSPS) is 28.0. The van der Waals surface area contributed by atoms with Crippen molar-refractivity contribution >= 4 is 28.5 Å². The molecule has 1 unspecified atom stereocenters. The van der Waals surface area contributed by atoms with Gasteiger partial charge in [-0.25, -0.2) is 4.99 Å². The van der Waals surface area contributed by atoms with E-state index in [1.165, 1.54) is 11.8 Å². The molecule has 2 heterocycles. The van der Waals surface area contributed by atoms with Gasteiger partial charge in [0.25, 0.3) is 0 Å². The minimum atomic E-state index is -0.682. The lowest BCUT2D eigenvalue weighted by molar-refractivity contribution is -0.117. The Morgan fingerprint density at radius 2 is 2.05 bits per heavy atom. The largest absolute Gasteiger partial charge is 0.378 e. The molecule has 0 bridgehead atoms. The van der Waals surface area contributed by atoms with Crippen LogP contribution in [0.1, 0.15) is 31.2 Å². The van der Waals surface area contributed by atoms with E-state index in [1.807, 2.05) is 24.3 Å². The molecule has 3 aliphatic rings. The number of para-hydroxylation sites is 1. The van der Waals surface area contributed by atoms with Gasteiger partial charge in [0.15, 0.2) is 9.91 Å². The van der Waals surface area contributed by atoms with E-state index in [-0.39, 0.29) is 5.91 Å². The first-order valence-corrected chi connectivity index (χ1v) is 7.70. The molecule has 0 aromatic heterocycles. The topological polar surface area (TPSA) is 67.5 Å². The van der Waals surface area contributed by atoms with Crippen LogP contribution in [-0.2, 0) is 9.54 Å². The Labute approximate surface area is 121 Å². The van der Waals surface area contributed by atoms with Crippen LogP contribution in [0.15, 0.2) is 40.5 Å². The standard InChI is InChI=1S/C15H15N3OS/c16-14-18-12-8-4-2-6-10(12)15(20-14)9-5-1-3-7-11(9)17-13(15)19/h1,3,5,7H,2,4,6,8H2,(H2,16,18)(H,17,19). The molecule has 2 aliphatic heterocycles. The number of carbonyl (C=O) groups is 1. The van der Waals surface area contributed by atoms with E-state index in [1.54, 1.807) is 0 Å². The van der Waals surface area contributed by atoms with Gasteiger partial charge in [0.05, 0.1) is 0 Å². The molecular formula is C15H15N3OS. The van der Waals surface area contributed by atoms with E-state index in [4.69, 9.17) is 5.73 Å². The first-order valence-electron chi connectivity index (χ1n) is 6.88. The van der Waals surface area contributed by atoms with Crippen molar-refractivity contribution < 1.29 is 4.79 Å². The molecule has 102 valence electrons. The molecule has 0 saturated carbocycles. The van der Waals surface area contributed by atoms with E-state index in [2.05, 4.69) is 10.3 Å². The van der Waals surface area contributed by atoms with Crippen LogP contribution in [0.2, 0.25) is 0 Å². The molecule has 20 heavy (non-hydrogen) atoms. The third kappa shape index (κ3) is 1.44. The lowest BCUT2D eigenvalue weighted by atomic mass is 9.82. The van der Waals surface area contributed by atoms with Gasteiger partial charge in [-0.2, -0.15) is 0 Å². The fourth-order valence-corrected chi connectivity index (χ4v) is 4.64. The Morgan fingerprint density at radius 1 is 1.25 bits per heavy atom. The van der Waals surface area contributed by atoms with Crippen LogP contribution in [0.3, 0.4) is 0 Å². The zero-order valence-electron chi connectivity index (χ0n) is 11.0. The predicted molar refractivity (Wildman–Crippen MR) is 81.5 cm³/mol. The van der Waals surface area contributed by atoms with Gasteiger partial charge in [-0.3, -0.25) is 4.79 Å². The number of hydrogen-bond acceptors (Lipinski definition) is 4. The zero-order chi connectivity index (χ0) is 13.7. The molecule has 1 aliphatic carbocycles. The number of nitrogens with one attached hydrogen (secondary N) is 1. The molecule has 0 saturated heterocycles. The van der Waals surface area contributed by atoms with E-state index in [0.29, 0.717) is 5.17 Å². The zero-order valence-corrected chi connectivity index (χ0v) is 11.8. The van der Waals surface area contributed by atoms with Crippen molar-refractivity contribution in [2.24, 2.45) is 10.7 Å². The minimum absolute atomic E-state index is 0.0240. The van der Waals surface area contributed by atoms with E-state index < -0.39 is 4.75 Å². The second-order valence-electron chi connectivity index (χ2n) is 5.37. The summed E-state index contributed by atoms with van der Waals surface area (Å²) in [6.07, 6.45) is 4.10. The Balaban J connectivity index is 1.98. The number of nitrogens with two attached hydrogens (primary N) is 1. The molecule has 0 fully saturated rings. The highest BCUT2D eigenvalue weighted by Crippen LogP contribution is 2.56. The van der Waals surface area contributed by atoms with Crippen molar-refractivity contribution in [3.63, 3.8) is 0 Å². The van der Waals surface area contributed by atoms with E-state index in [9.17, 15) is 4.79 Å². The van der Waals surface area contributed by atoms with Gasteiger partial charge in [-0.1, -0.05) is 30.0 Å². The first kappa shape index (κ1) is 12.0. The van der Waals surface area contributed by atoms with Gasteiger partial charge in [0.2, 0.25) is 5.91 Å². The highest BCUT2D eigenvalue weighted by atomic mass is 32.2. The molecule has 1 atom stereocenters. The highest BCUT2D eigenvalue weighted by molar-refractivity contribution is 8.15. The minimum Gasteiger partial charge on any atom is -0.378 e. The Hall–Kier alpha value is -1.75. The average molecular weight is 285 g/mol. The summed E-state index contributed by atoms with van der Waals surface area (Å²) in [5.41, 5.74) is 10.1. The molecule has 1 aromatic carbocycles. The van der Waals surface area contributed by atoms with Crippen molar-refractivity contribution in [1.29, 1.82) is 0 Å². The number of hydrogen-bond donors (Lipinski definition) is 2. The van der Waals surface area contributed by atoms with Crippen molar-refractivity contribution in [2.45, 2.75) is 30.4 Å². The molecule has 5 heteroatoms. The van der Waals surface area contributed by atoms with Crippen LogP contribution in [0.4, 0.5) is 5.69 Å². The third-order valence-corrected chi connectivity index (χ3v) is 5.50. The molecule has 1 spiro atoms. The van der Waals surface area contributed by atoms with Crippen molar-refractivity contribution in [3.8, 4) is 0 Å². The van der Waals surface area contributed by atoms with Crippen LogP contribution in [0.25, 0.3) is 0 Å². The average Bonchev–Trinajstić information content (AvgIpc) is 2.72. The molecule has 4 nitrogen and oxygen atoms in total. The first-order chi connectivity index (χ1) is 9.72. The number of fused-ring (bicyclic) bond motifs is 3. The number of aliphatic imine (C=N–C) groups is 1. The van der Waals surface area contributed by atoms with Crippen LogP contribution in [0, 0.1) is 0 Å². The number of rotatable bonds is 0. The fourth-order valence-electron chi connectivity index (χ4n) is 3.40. The van der Waals surface area contributed by atoms with Gasteiger partial charge in [-0.15, -0.1) is 0 Å². The van der Waals surface area contributed by atoms with Gasteiger partial charge >= 0.3 is 0 Å². The Bertz CT molecular complexity index is 679. The van der Waals surface area contributed by atoms with Gasteiger partial charge in [0, 0.05) is 16.9 Å². The smallest absolute Gasteiger partial charge is 0.250 e. The predicted octanol–water partition coefficient (Wildman–Crippen LogP) is 2.72. The summed E-state index contributed by atoms with van der Waals surface area (Å²) in [4.78, 5) is 17.2. The summed E-state index contributed by atoms with van der Waals surface area (Å²) in [5, 5.41) is 3.50. The number of nitrogens with zero attached hydrogens (tertiary/aromatic N) is 1. The molecule has 3 N–H and O–H groups in total.